The minimum absolute atomic E-state index is 0.0463. The van der Waals surface area contributed by atoms with Crippen LogP contribution in [-0.4, -0.2) is 31.9 Å². The largest absolute Gasteiger partial charge is 0.283 e. The summed E-state index contributed by atoms with van der Waals surface area (Å²) in [6, 6.07) is 7.45. The summed E-state index contributed by atoms with van der Waals surface area (Å²) < 4.78 is 0. The molecule has 0 aliphatic carbocycles. The lowest BCUT2D eigenvalue weighted by atomic mass is 10.1. The molecule has 2 aliphatic heterocycles. The standard InChI is InChI=1S/C15H9N5OS2/c16-12-11(8-10-2-1-7-22-10)13(21)18-15-20(12)19-14(23-15)9-3-5-17-6-4-9/h1-8,16H/b11-8-,16-12?. The number of aromatic nitrogens is 1. The summed E-state index contributed by atoms with van der Waals surface area (Å²) in [6.07, 6.45) is 5.03. The maximum atomic E-state index is 12.2. The number of fused-ring (bicyclic) bond motifs is 1. The highest BCUT2D eigenvalue weighted by molar-refractivity contribution is 8.27. The molecule has 0 spiro atoms. The van der Waals surface area contributed by atoms with E-state index >= 15 is 0 Å². The van der Waals surface area contributed by atoms with Crippen molar-refractivity contribution in [3.8, 4) is 0 Å². The second kappa shape index (κ2) is 5.56. The monoisotopic (exact) mass is 339 g/mol. The Labute approximate surface area is 139 Å². The fourth-order valence-corrected chi connectivity index (χ4v) is 3.67. The first-order valence-electron chi connectivity index (χ1n) is 6.66. The first kappa shape index (κ1) is 14.0. The Balaban J connectivity index is 1.71. The number of hydrogen-bond donors (Lipinski definition) is 1. The predicted molar refractivity (Wildman–Crippen MR) is 92.7 cm³/mol. The molecule has 0 fully saturated rings. The lowest BCUT2D eigenvalue weighted by Gasteiger charge is -2.19. The zero-order valence-corrected chi connectivity index (χ0v) is 13.3. The molecule has 23 heavy (non-hydrogen) atoms. The van der Waals surface area contributed by atoms with Crippen LogP contribution in [-0.2, 0) is 4.79 Å². The van der Waals surface area contributed by atoms with Crippen LogP contribution in [0.2, 0.25) is 0 Å². The third-order valence-corrected chi connectivity index (χ3v) is 4.99. The molecule has 0 aromatic carbocycles. The van der Waals surface area contributed by atoms with E-state index in [2.05, 4.69) is 15.1 Å². The van der Waals surface area contributed by atoms with E-state index in [1.807, 2.05) is 29.6 Å². The van der Waals surface area contributed by atoms with Gasteiger partial charge in [0.2, 0.25) is 5.17 Å². The molecule has 1 amide bonds. The van der Waals surface area contributed by atoms with Crippen molar-refractivity contribution in [2.24, 2.45) is 10.1 Å². The smallest absolute Gasteiger partial charge is 0.282 e. The minimum atomic E-state index is -0.409. The van der Waals surface area contributed by atoms with E-state index in [4.69, 9.17) is 5.41 Å². The summed E-state index contributed by atoms with van der Waals surface area (Å²) >= 11 is 2.78. The number of nitrogens with one attached hydrogen (secondary N) is 1. The lowest BCUT2D eigenvalue weighted by molar-refractivity contribution is -0.114. The van der Waals surface area contributed by atoms with Gasteiger partial charge >= 0.3 is 0 Å². The number of pyridine rings is 1. The average Bonchev–Trinajstić information content (AvgIpc) is 3.22. The molecule has 0 radical (unpaired) electrons. The van der Waals surface area contributed by atoms with Gasteiger partial charge in [0.1, 0.15) is 5.04 Å². The number of carbonyl (C=O) groups is 1. The SMILES string of the molecule is N=C1/C(=C/c2cccs2)C(=O)N=C2SC(c3ccncc3)=NN12. The van der Waals surface area contributed by atoms with Gasteiger partial charge in [-0.25, -0.2) is 0 Å². The van der Waals surface area contributed by atoms with E-state index in [0.717, 1.165) is 10.4 Å². The van der Waals surface area contributed by atoms with E-state index in [9.17, 15) is 4.79 Å². The zero-order valence-electron chi connectivity index (χ0n) is 11.6. The molecule has 0 atom stereocenters. The molecule has 1 N–H and O–H groups in total. The highest BCUT2D eigenvalue weighted by atomic mass is 32.2. The van der Waals surface area contributed by atoms with Gasteiger partial charge in [0, 0.05) is 22.8 Å². The van der Waals surface area contributed by atoms with Crippen molar-refractivity contribution in [3.63, 3.8) is 0 Å². The summed E-state index contributed by atoms with van der Waals surface area (Å²) in [4.78, 5) is 21.2. The van der Waals surface area contributed by atoms with Gasteiger partial charge in [-0.3, -0.25) is 15.2 Å². The third-order valence-electron chi connectivity index (χ3n) is 3.21. The molecule has 8 heteroatoms. The Hall–Kier alpha value is -2.58. The first-order valence-corrected chi connectivity index (χ1v) is 8.36. The molecule has 4 rings (SSSR count). The van der Waals surface area contributed by atoms with Gasteiger partial charge in [-0.05, 0) is 41.4 Å². The Morgan fingerprint density at radius 3 is 2.78 bits per heavy atom. The summed E-state index contributed by atoms with van der Waals surface area (Å²) in [6.45, 7) is 0. The summed E-state index contributed by atoms with van der Waals surface area (Å²) in [5.41, 5.74) is 1.13. The predicted octanol–water partition coefficient (Wildman–Crippen LogP) is 2.81. The molecule has 0 saturated heterocycles. The number of amidine groups is 2. The number of thioether (sulfide) groups is 1. The molecule has 2 aliphatic rings. The van der Waals surface area contributed by atoms with Crippen LogP contribution in [0.5, 0.6) is 0 Å². The maximum Gasteiger partial charge on any atom is 0.283 e. The van der Waals surface area contributed by atoms with E-state index in [1.54, 1.807) is 18.5 Å². The lowest BCUT2D eigenvalue weighted by Crippen LogP contribution is -2.35. The number of hydrazone groups is 1. The molecule has 2 aromatic rings. The van der Waals surface area contributed by atoms with Gasteiger partial charge in [-0.2, -0.15) is 15.1 Å². The van der Waals surface area contributed by atoms with Crippen LogP contribution in [0, 0.1) is 5.41 Å². The number of rotatable bonds is 2. The molecule has 112 valence electrons. The van der Waals surface area contributed by atoms with Crippen LogP contribution in [0.3, 0.4) is 0 Å². The molecule has 4 heterocycles. The molecule has 0 saturated carbocycles. The van der Waals surface area contributed by atoms with Crippen LogP contribution >= 0.6 is 23.1 Å². The van der Waals surface area contributed by atoms with E-state index < -0.39 is 5.91 Å². The molecule has 0 bridgehead atoms. The Bertz CT molecular complexity index is 884. The van der Waals surface area contributed by atoms with E-state index in [0.29, 0.717) is 10.2 Å². The first-order chi connectivity index (χ1) is 11.2. The number of aliphatic imine (C=N–C) groups is 1. The second-order valence-corrected chi connectivity index (χ2v) is 6.61. The average molecular weight is 339 g/mol. The number of nitrogens with zero attached hydrogens (tertiary/aromatic N) is 4. The summed E-state index contributed by atoms with van der Waals surface area (Å²) in [7, 11) is 0. The number of thiophene rings is 1. The van der Waals surface area contributed by atoms with Crippen molar-refractivity contribution in [1.82, 2.24) is 9.99 Å². The molecular weight excluding hydrogens is 330 g/mol. The topological polar surface area (TPSA) is 81.8 Å². The normalized spacial score (nSPS) is 19.0. The molecule has 0 unspecified atom stereocenters. The summed E-state index contributed by atoms with van der Waals surface area (Å²) in [5.74, 6) is -0.363. The van der Waals surface area contributed by atoms with Gasteiger partial charge in [-0.15, -0.1) is 11.3 Å². The minimum Gasteiger partial charge on any atom is -0.282 e. The molecule has 6 nitrogen and oxygen atoms in total. The van der Waals surface area contributed by atoms with Crippen LogP contribution in [0.4, 0.5) is 0 Å². The van der Waals surface area contributed by atoms with E-state index in [1.165, 1.54) is 28.1 Å². The summed E-state index contributed by atoms with van der Waals surface area (Å²) in [5, 5.41) is 17.1. The van der Waals surface area contributed by atoms with Crippen molar-refractivity contribution in [3.05, 3.63) is 58.1 Å². The highest BCUT2D eigenvalue weighted by Gasteiger charge is 2.35. The number of carbonyl (C=O) groups excluding carboxylic acids is 1. The molecular formula is C15H9N5OS2. The van der Waals surface area contributed by atoms with Gasteiger partial charge in [0.15, 0.2) is 5.84 Å². The van der Waals surface area contributed by atoms with Crippen LogP contribution in [0.25, 0.3) is 6.08 Å². The van der Waals surface area contributed by atoms with Crippen molar-refractivity contribution >= 4 is 51.1 Å². The van der Waals surface area contributed by atoms with Crippen LogP contribution < -0.4 is 0 Å². The van der Waals surface area contributed by atoms with E-state index in [-0.39, 0.29) is 11.4 Å². The zero-order chi connectivity index (χ0) is 15.8. The Kier molecular flexibility index (Phi) is 3.40. The highest BCUT2D eigenvalue weighted by Crippen LogP contribution is 2.30. The van der Waals surface area contributed by atoms with Gasteiger partial charge in [-0.1, -0.05) is 6.07 Å². The maximum absolute atomic E-state index is 12.2. The second-order valence-electron chi connectivity index (χ2n) is 4.68. The fourth-order valence-electron chi connectivity index (χ4n) is 2.12. The number of hydrogen-bond acceptors (Lipinski definition) is 6. The van der Waals surface area contributed by atoms with Crippen LogP contribution in [0.15, 0.2) is 57.7 Å². The Morgan fingerprint density at radius 2 is 2.04 bits per heavy atom. The molecule has 2 aromatic heterocycles. The number of amides is 1. The van der Waals surface area contributed by atoms with Gasteiger partial charge in [0.25, 0.3) is 5.91 Å². The van der Waals surface area contributed by atoms with Crippen molar-refractivity contribution < 1.29 is 4.79 Å². The van der Waals surface area contributed by atoms with Gasteiger partial charge in [0.05, 0.1) is 5.57 Å². The quantitative estimate of drug-likeness (QED) is 0.853. The Morgan fingerprint density at radius 1 is 1.22 bits per heavy atom. The van der Waals surface area contributed by atoms with Crippen molar-refractivity contribution in [2.45, 2.75) is 0 Å². The van der Waals surface area contributed by atoms with Crippen molar-refractivity contribution in [2.75, 3.05) is 0 Å². The third kappa shape index (κ3) is 2.51. The van der Waals surface area contributed by atoms with Crippen LogP contribution in [0.1, 0.15) is 10.4 Å². The fraction of sp³-hybridized carbons (Fsp3) is 0. The van der Waals surface area contributed by atoms with Crippen molar-refractivity contribution in [1.29, 1.82) is 5.41 Å². The van der Waals surface area contributed by atoms with Gasteiger partial charge < -0.3 is 0 Å².